The van der Waals surface area contributed by atoms with Crippen molar-refractivity contribution in [2.75, 3.05) is 0 Å². The minimum atomic E-state index is 0.0808. The molecule has 6 heteroatoms. The molecule has 0 unspecified atom stereocenters. The molecule has 0 radical (unpaired) electrons. The number of halogens is 1. The number of aromatic nitrogens is 3. The molecule has 0 aliphatic carbocycles. The second-order valence-corrected chi connectivity index (χ2v) is 5.37. The van der Waals surface area contributed by atoms with Gasteiger partial charge in [-0.05, 0) is 33.8 Å². The molecule has 0 fully saturated rings. The number of thiophene rings is 1. The van der Waals surface area contributed by atoms with Crippen molar-refractivity contribution in [3.63, 3.8) is 0 Å². The molecule has 2 rings (SSSR count). The van der Waals surface area contributed by atoms with E-state index >= 15 is 0 Å². The number of nitrogens with zero attached hydrogens (tertiary/aromatic N) is 3. The molecule has 90 valence electrons. The van der Waals surface area contributed by atoms with E-state index in [0.29, 0.717) is 6.42 Å². The Morgan fingerprint density at radius 2 is 2.41 bits per heavy atom. The number of hydrogen-bond acceptors (Lipinski definition) is 4. The quantitative estimate of drug-likeness (QED) is 0.797. The van der Waals surface area contributed by atoms with Gasteiger partial charge in [0.15, 0.2) is 5.78 Å². The van der Waals surface area contributed by atoms with Crippen molar-refractivity contribution < 1.29 is 4.79 Å². The van der Waals surface area contributed by atoms with Crippen LogP contribution in [0.2, 0.25) is 0 Å². The van der Waals surface area contributed by atoms with Gasteiger partial charge in [0, 0.05) is 11.0 Å². The molecule has 0 bridgehead atoms. The Bertz CT molecular complexity index is 520. The van der Waals surface area contributed by atoms with E-state index in [1.165, 1.54) is 17.7 Å². The molecule has 0 aliphatic heterocycles. The molecule has 0 atom stereocenters. The van der Waals surface area contributed by atoms with Crippen molar-refractivity contribution in [3.05, 3.63) is 32.9 Å². The number of carbonyl (C=O) groups excluding carboxylic acids is 1. The third-order valence-corrected chi connectivity index (χ3v) is 4.20. The SMILES string of the molecule is CCCn1ncnc1CC(=O)c1sccc1Br. The van der Waals surface area contributed by atoms with Crippen LogP contribution in [0.4, 0.5) is 0 Å². The summed E-state index contributed by atoms with van der Waals surface area (Å²) >= 11 is 4.81. The number of Topliss-reactive ketones (excluding diaryl/α,β-unsaturated/α-hetero) is 1. The van der Waals surface area contributed by atoms with E-state index < -0.39 is 0 Å². The van der Waals surface area contributed by atoms with Crippen LogP contribution in [0.25, 0.3) is 0 Å². The topological polar surface area (TPSA) is 47.8 Å². The summed E-state index contributed by atoms with van der Waals surface area (Å²) in [7, 11) is 0. The number of hydrogen-bond donors (Lipinski definition) is 0. The lowest BCUT2D eigenvalue weighted by molar-refractivity contribution is 0.0992. The average molecular weight is 314 g/mol. The first-order valence-electron chi connectivity index (χ1n) is 5.35. The molecule has 0 aliphatic rings. The Morgan fingerprint density at radius 1 is 1.59 bits per heavy atom. The second-order valence-electron chi connectivity index (χ2n) is 3.60. The number of carbonyl (C=O) groups is 1. The molecule has 0 saturated carbocycles. The highest BCUT2D eigenvalue weighted by Crippen LogP contribution is 2.23. The number of rotatable bonds is 5. The largest absolute Gasteiger partial charge is 0.293 e. The van der Waals surface area contributed by atoms with Gasteiger partial charge in [0.1, 0.15) is 12.2 Å². The molecule has 2 aromatic heterocycles. The van der Waals surface area contributed by atoms with Gasteiger partial charge in [-0.1, -0.05) is 6.92 Å². The summed E-state index contributed by atoms with van der Waals surface area (Å²) in [5.74, 6) is 0.814. The highest BCUT2D eigenvalue weighted by Gasteiger charge is 2.15. The van der Waals surface area contributed by atoms with Crippen LogP contribution in [0.15, 0.2) is 22.2 Å². The normalized spacial score (nSPS) is 10.7. The first kappa shape index (κ1) is 12.4. The monoisotopic (exact) mass is 313 g/mol. The van der Waals surface area contributed by atoms with Crippen LogP contribution in [0.3, 0.4) is 0 Å². The van der Waals surface area contributed by atoms with Crippen LogP contribution < -0.4 is 0 Å². The van der Waals surface area contributed by atoms with Gasteiger partial charge in [-0.25, -0.2) is 9.67 Å². The highest BCUT2D eigenvalue weighted by atomic mass is 79.9. The summed E-state index contributed by atoms with van der Waals surface area (Å²) in [6.45, 7) is 2.87. The van der Waals surface area contributed by atoms with Crippen molar-refractivity contribution in [1.82, 2.24) is 14.8 Å². The molecule has 0 amide bonds. The summed E-state index contributed by atoms with van der Waals surface area (Å²) in [4.78, 5) is 16.9. The van der Waals surface area contributed by atoms with Gasteiger partial charge in [-0.3, -0.25) is 4.79 Å². The Labute approximate surface area is 112 Å². The Morgan fingerprint density at radius 3 is 3.06 bits per heavy atom. The van der Waals surface area contributed by atoms with Gasteiger partial charge in [-0.2, -0.15) is 5.10 Å². The lowest BCUT2D eigenvalue weighted by atomic mass is 10.2. The van der Waals surface area contributed by atoms with E-state index in [9.17, 15) is 4.79 Å². The Kier molecular flexibility index (Phi) is 4.06. The van der Waals surface area contributed by atoms with Crippen LogP contribution in [-0.2, 0) is 13.0 Å². The molecule has 0 spiro atoms. The standard InChI is InChI=1S/C11H12BrN3OS/c1-2-4-15-10(13-7-14-15)6-9(16)11-8(12)3-5-17-11/h3,5,7H,2,4,6H2,1H3. The lowest BCUT2D eigenvalue weighted by Gasteiger charge is -2.03. The maximum absolute atomic E-state index is 12.0. The first-order chi connectivity index (χ1) is 8.22. The first-order valence-corrected chi connectivity index (χ1v) is 7.02. The Hall–Kier alpha value is -1.01. The molecule has 0 N–H and O–H groups in total. The predicted octanol–water partition coefficient (Wildman–Crippen LogP) is 2.94. The smallest absolute Gasteiger partial charge is 0.181 e. The van der Waals surface area contributed by atoms with Crippen LogP contribution in [0, 0.1) is 0 Å². The summed E-state index contributed by atoms with van der Waals surface area (Å²) in [5.41, 5.74) is 0. The summed E-state index contributed by atoms with van der Waals surface area (Å²) in [5, 5.41) is 6.00. The van der Waals surface area contributed by atoms with Crippen molar-refractivity contribution >= 4 is 33.0 Å². The van der Waals surface area contributed by atoms with Gasteiger partial charge in [0.05, 0.1) is 11.3 Å². The van der Waals surface area contributed by atoms with Crippen molar-refractivity contribution in [2.24, 2.45) is 0 Å². The van der Waals surface area contributed by atoms with E-state index in [1.807, 2.05) is 11.4 Å². The zero-order chi connectivity index (χ0) is 12.3. The number of aryl methyl sites for hydroxylation is 1. The highest BCUT2D eigenvalue weighted by molar-refractivity contribution is 9.10. The third kappa shape index (κ3) is 2.81. The van der Waals surface area contributed by atoms with E-state index in [4.69, 9.17) is 0 Å². The maximum atomic E-state index is 12.0. The van der Waals surface area contributed by atoms with Gasteiger partial charge >= 0.3 is 0 Å². The Balaban J connectivity index is 2.13. The fourth-order valence-corrected chi connectivity index (χ4v) is 3.07. The molecular formula is C11H12BrN3OS. The second kappa shape index (κ2) is 5.55. The zero-order valence-corrected chi connectivity index (χ0v) is 11.8. The van der Waals surface area contributed by atoms with Crippen LogP contribution in [0.5, 0.6) is 0 Å². The molecule has 17 heavy (non-hydrogen) atoms. The fraction of sp³-hybridized carbons (Fsp3) is 0.364. The van der Waals surface area contributed by atoms with Gasteiger partial charge < -0.3 is 0 Å². The van der Waals surface area contributed by atoms with E-state index in [1.54, 1.807) is 4.68 Å². The predicted molar refractivity (Wildman–Crippen MR) is 70.4 cm³/mol. The average Bonchev–Trinajstić information content (AvgIpc) is 2.89. The minimum Gasteiger partial charge on any atom is -0.293 e. The van der Waals surface area contributed by atoms with E-state index in [0.717, 1.165) is 28.1 Å². The van der Waals surface area contributed by atoms with Crippen LogP contribution in [-0.4, -0.2) is 20.5 Å². The third-order valence-electron chi connectivity index (χ3n) is 2.32. The van der Waals surface area contributed by atoms with Crippen molar-refractivity contribution in [3.8, 4) is 0 Å². The summed E-state index contributed by atoms with van der Waals surface area (Å²) in [6, 6.07) is 1.88. The number of ketones is 1. The molecule has 4 nitrogen and oxygen atoms in total. The maximum Gasteiger partial charge on any atom is 0.181 e. The van der Waals surface area contributed by atoms with E-state index in [2.05, 4.69) is 32.9 Å². The minimum absolute atomic E-state index is 0.0808. The lowest BCUT2D eigenvalue weighted by Crippen LogP contribution is -2.11. The molecule has 0 saturated heterocycles. The van der Waals surface area contributed by atoms with Crippen LogP contribution >= 0.6 is 27.3 Å². The molecule has 0 aromatic carbocycles. The van der Waals surface area contributed by atoms with Gasteiger partial charge in [0.2, 0.25) is 0 Å². The fourth-order valence-electron chi connectivity index (χ4n) is 1.54. The van der Waals surface area contributed by atoms with Gasteiger partial charge in [0.25, 0.3) is 0 Å². The van der Waals surface area contributed by atoms with Crippen molar-refractivity contribution in [1.29, 1.82) is 0 Å². The van der Waals surface area contributed by atoms with E-state index in [-0.39, 0.29) is 5.78 Å². The zero-order valence-electron chi connectivity index (χ0n) is 9.39. The van der Waals surface area contributed by atoms with Crippen LogP contribution in [0.1, 0.15) is 28.8 Å². The molecule has 2 aromatic rings. The molecular weight excluding hydrogens is 302 g/mol. The van der Waals surface area contributed by atoms with Crippen molar-refractivity contribution in [2.45, 2.75) is 26.3 Å². The molecule has 2 heterocycles. The summed E-state index contributed by atoms with van der Waals surface area (Å²) < 4.78 is 2.65. The van der Waals surface area contributed by atoms with Gasteiger partial charge in [-0.15, -0.1) is 11.3 Å². The summed E-state index contributed by atoms with van der Waals surface area (Å²) in [6.07, 6.45) is 2.79.